The number of carbonyl (C=O) groups excluding carboxylic acids is 1. The van der Waals surface area contributed by atoms with Crippen molar-refractivity contribution in [1.82, 2.24) is 0 Å². The van der Waals surface area contributed by atoms with Crippen LogP contribution in [0.4, 0.5) is 0 Å². The number of esters is 1. The normalized spacial score (nSPS) is 9.79. The minimum atomic E-state index is -0.239. The molecule has 14 heavy (non-hydrogen) atoms. The van der Waals surface area contributed by atoms with E-state index in [1.54, 1.807) is 13.2 Å². The van der Waals surface area contributed by atoms with Crippen molar-refractivity contribution in [3.8, 4) is 0 Å². The Morgan fingerprint density at radius 1 is 1.50 bits per heavy atom. The van der Waals surface area contributed by atoms with Gasteiger partial charge in [0.2, 0.25) is 0 Å². The summed E-state index contributed by atoms with van der Waals surface area (Å²) in [6.07, 6.45) is 2.48. The number of carbonyl (C=O) groups is 1. The molecule has 0 aromatic rings. The summed E-state index contributed by atoms with van der Waals surface area (Å²) in [6, 6.07) is 0. The minimum absolute atomic E-state index is 0.199. The van der Waals surface area contributed by atoms with Gasteiger partial charge >= 0.3 is 5.97 Å². The van der Waals surface area contributed by atoms with Crippen molar-refractivity contribution in [2.75, 3.05) is 13.7 Å². The molecule has 0 bridgehead atoms. The van der Waals surface area contributed by atoms with E-state index in [9.17, 15) is 4.79 Å². The summed E-state index contributed by atoms with van der Waals surface area (Å²) in [5.41, 5.74) is -0.199. The molecule has 0 fully saturated rings. The van der Waals surface area contributed by atoms with Crippen LogP contribution in [0.25, 0.3) is 0 Å². The Bertz CT molecular complexity index is 162. The van der Waals surface area contributed by atoms with E-state index in [1.165, 1.54) is 6.92 Å². The largest absolute Gasteiger partial charge is 0.466 e. The Morgan fingerprint density at radius 3 is 2.21 bits per heavy atom. The molecule has 3 nitrogen and oxygen atoms in total. The van der Waals surface area contributed by atoms with Crippen LogP contribution in [0.1, 0.15) is 34.1 Å². The van der Waals surface area contributed by atoms with E-state index in [-0.39, 0.29) is 11.6 Å². The summed E-state index contributed by atoms with van der Waals surface area (Å²) in [5, 5.41) is 0. The molecule has 0 aliphatic rings. The van der Waals surface area contributed by atoms with Gasteiger partial charge in [0.15, 0.2) is 0 Å². The Labute approximate surface area is 87.1 Å². The highest BCUT2D eigenvalue weighted by Gasteiger charge is 2.15. The first-order valence-corrected chi connectivity index (χ1v) is 4.65. The maximum atomic E-state index is 10.4. The third-order valence-electron chi connectivity index (χ3n) is 1.56. The van der Waals surface area contributed by atoms with Crippen LogP contribution in [-0.4, -0.2) is 25.3 Å². The van der Waals surface area contributed by atoms with Crippen LogP contribution in [-0.2, 0) is 14.3 Å². The van der Waals surface area contributed by atoms with Gasteiger partial charge in [0.05, 0.1) is 12.2 Å². The predicted octanol–water partition coefficient (Wildman–Crippen LogP) is 2.56. The standard InChI is InChI=1S/C8H16O3.C3H6/c1-7(9)11-6-5-8(2,3)10-4;1-3-2/h5-6H2,1-4H3;3H,1H2,2H3. The Balaban J connectivity index is 0. The average Bonchev–Trinajstić information content (AvgIpc) is 2.05. The SMILES string of the molecule is C=CC.COC(C)(C)CCOC(C)=O. The third-order valence-corrected chi connectivity index (χ3v) is 1.56. The fraction of sp³-hybridized carbons (Fsp3) is 0.727. The Kier molecular flexibility index (Phi) is 9.78. The summed E-state index contributed by atoms with van der Waals surface area (Å²) in [4.78, 5) is 10.4. The fourth-order valence-electron chi connectivity index (χ4n) is 0.543. The number of methoxy groups -OCH3 is 1. The zero-order valence-electron chi connectivity index (χ0n) is 9.92. The van der Waals surface area contributed by atoms with Crippen molar-refractivity contribution < 1.29 is 14.3 Å². The quantitative estimate of drug-likeness (QED) is 0.519. The predicted molar refractivity (Wildman–Crippen MR) is 58.2 cm³/mol. The van der Waals surface area contributed by atoms with Crippen molar-refractivity contribution in [2.45, 2.75) is 39.7 Å². The summed E-state index contributed by atoms with van der Waals surface area (Å²) in [5.74, 6) is -0.239. The summed E-state index contributed by atoms with van der Waals surface area (Å²) < 4.78 is 9.89. The highest BCUT2D eigenvalue weighted by atomic mass is 16.5. The van der Waals surface area contributed by atoms with Crippen LogP contribution in [0, 0.1) is 0 Å². The number of hydrogen-bond acceptors (Lipinski definition) is 3. The lowest BCUT2D eigenvalue weighted by atomic mass is 10.1. The number of hydrogen-bond donors (Lipinski definition) is 0. The second-order valence-electron chi connectivity index (χ2n) is 3.46. The molecule has 0 aromatic heterocycles. The molecular formula is C11H22O3. The molecule has 0 atom stereocenters. The summed E-state index contributed by atoms with van der Waals surface area (Å²) in [7, 11) is 1.65. The molecule has 0 aliphatic heterocycles. The maximum Gasteiger partial charge on any atom is 0.302 e. The Morgan fingerprint density at radius 2 is 1.93 bits per heavy atom. The molecule has 0 unspecified atom stereocenters. The molecule has 0 radical (unpaired) electrons. The molecule has 0 spiro atoms. The van der Waals surface area contributed by atoms with Gasteiger partial charge in [-0.2, -0.15) is 0 Å². The molecule has 0 amide bonds. The molecule has 0 saturated heterocycles. The van der Waals surface area contributed by atoms with Crippen molar-refractivity contribution in [3.05, 3.63) is 12.7 Å². The monoisotopic (exact) mass is 202 g/mol. The fourth-order valence-corrected chi connectivity index (χ4v) is 0.543. The van der Waals surface area contributed by atoms with Crippen molar-refractivity contribution in [3.63, 3.8) is 0 Å². The molecule has 0 heterocycles. The molecule has 0 N–H and O–H groups in total. The Hall–Kier alpha value is -0.830. The summed E-state index contributed by atoms with van der Waals surface area (Å²) >= 11 is 0. The van der Waals surface area contributed by atoms with Crippen molar-refractivity contribution in [2.24, 2.45) is 0 Å². The third kappa shape index (κ3) is 13.7. The van der Waals surface area contributed by atoms with Crippen LogP contribution in [0.5, 0.6) is 0 Å². The van der Waals surface area contributed by atoms with E-state index in [1.807, 2.05) is 20.8 Å². The molecule has 3 heteroatoms. The molecule has 0 saturated carbocycles. The van der Waals surface area contributed by atoms with E-state index in [4.69, 9.17) is 9.47 Å². The summed E-state index contributed by atoms with van der Waals surface area (Å²) in [6.45, 7) is 11.0. The van der Waals surface area contributed by atoms with E-state index < -0.39 is 0 Å². The second kappa shape index (κ2) is 8.75. The smallest absolute Gasteiger partial charge is 0.302 e. The van der Waals surface area contributed by atoms with Crippen LogP contribution in [0.15, 0.2) is 12.7 Å². The molecular weight excluding hydrogens is 180 g/mol. The topological polar surface area (TPSA) is 35.5 Å². The number of allylic oxidation sites excluding steroid dienone is 1. The first kappa shape index (κ1) is 15.6. The zero-order valence-corrected chi connectivity index (χ0v) is 9.92. The van der Waals surface area contributed by atoms with Crippen molar-refractivity contribution >= 4 is 5.97 Å². The van der Waals surface area contributed by atoms with Gasteiger partial charge in [0.1, 0.15) is 0 Å². The lowest BCUT2D eigenvalue weighted by Gasteiger charge is -2.21. The van der Waals surface area contributed by atoms with Gasteiger partial charge in [0, 0.05) is 20.5 Å². The lowest BCUT2D eigenvalue weighted by molar-refractivity contribution is -0.142. The van der Waals surface area contributed by atoms with E-state index in [2.05, 4.69) is 6.58 Å². The number of ether oxygens (including phenoxy) is 2. The molecule has 84 valence electrons. The van der Waals surface area contributed by atoms with Crippen LogP contribution >= 0.6 is 0 Å². The zero-order chi connectivity index (χ0) is 11.6. The van der Waals surface area contributed by atoms with E-state index in [0.29, 0.717) is 6.61 Å². The maximum absolute atomic E-state index is 10.4. The average molecular weight is 202 g/mol. The molecule has 0 rings (SSSR count). The van der Waals surface area contributed by atoms with Gasteiger partial charge in [0.25, 0.3) is 0 Å². The first-order chi connectivity index (χ1) is 6.39. The van der Waals surface area contributed by atoms with Crippen LogP contribution < -0.4 is 0 Å². The molecule has 0 aromatic carbocycles. The molecule has 0 aliphatic carbocycles. The van der Waals surface area contributed by atoms with Gasteiger partial charge in [-0.05, 0) is 20.8 Å². The first-order valence-electron chi connectivity index (χ1n) is 4.65. The number of rotatable bonds is 4. The van der Waals surface area contributed by atoms with Crippen LogP contribution in [0.2, 0.25) is 0 Å². The van der Waals surface area contributed by atoms with Crippen LogP contribution in [0.3, 0.4) is 0 Å². The van der Waals surface area contributed by atoms with Gasteiger partial charge in [-0.1, -0.05) is 6.08 Å². The van der Waals surface area contributed by atoms with Gasteiger partial charge < -0.3 is 9.47 Å². The van der Waals surface area contributed by atoms with E-state index >= 15 is 0 Å². The van der Waals surface area contributed by atoms with Gasteiger partial charge in [-0.3, -0.25) is 4.79 Å². The highest BCUT2D eigenvalue weighted by Crippen LogP contribution is 2.12. The van der Waals surface area contributed by atoms with Gasteiger partial charge in [-0.25, -0.2) is 0 Å². The van der Waals surface area contributed by atoms with Gasteiger partial charge in [-0.15, -0.1) is 6.58 Å². The van der Waals surface area contributed by atoms with E-state index in [0.717, 1.165) is 6.42 Å². The highest BCUT2D eigenvalue weighted by molar-refractivity contribution is 5.65. The second-order valence-corrected chi connectivity index (χ2v) is 3.46. The minimum Gasteiger partial charge on any atom is -0.466 e. The lowest BCUT2D eigenvalue weighted by Crippen LogP contribution is -2.24. The van der Waals surface area contributed by atoms with Crippen molar-refractivity contribution in [1.29, 1.82) is 0 Å².